The van der Waals surface area contributed by atoms with E-state index in [1.54, 1.807) is 0 Å². The van der Waals surface area contributed by atoms with E-state index in [1.165, 1.54) is 0 Å². The van der Waals surface area contributed by atoms with E-state index in [-0.39, 0.29) is 18.4 Å². The molecule has 1 aliphatic heterocycles. The first-order valence-electron chi connectivity index (χ1n) is 7.75. The zero-order valence-electron chi connectivity index (χ0n) is 13.1. The summed E-state index contributed by atoms with van der Waals surface area (Å²) in [6.45, 7) is 6.50. The molecule has 0 unspecified atom stereocenters. The second-order valence-electron chi connectivity index (χ2n) is 6.78. The molecule has 6 heteroatoms. The molecular formula is C15H25N3O3. The Balaban J connectivity index is 1.97. The van der Waals surface area contributed by atoms with Gasteiger partial charge in [0.25, 0.3) is 5.91 Å². The number of carbonyl (C=O) groups is 3. The number of rotatable bonds is 4. The van der Waals surface area contributed by atoms with Gasteiger partial charge in [0.15, 0.2) is 0 Å². The highest BCUT2D eigenvalue weighted by Gasteiger charge is 2.52. The summed E-state index contributed by atoms with van der Waals surface area (Å²) >= 11 is 0. The van der Waals surface area contributed by atoms with E-state index in [9.17, 15) is 14.4 Å². The predicted octanol–water partition coefficient (Wildman–Crippen LogP) is 1.26. The van der Waals surface area contributed by atoms with Gasteiger partial charge in [-0.1, -0.05) is 20.8 Å². The molecule has 0 aromatic rings. The molecule has 2 rings (SSSR count). The minimum absolute atomic E-state index is 0.186. The van der Waals surface area contributed by atoms with Gasteiger partial charge in [0.05, 0.1) is 0 Å². The van der Waals surface area contributed by atoms with Crippen LogP contribution in [-0.4, -0.2) is 41.4 Å². The molecule has 0 radical (unpaired) electrons. The van der Waals surface area contributed by atoms with Crippen LogP contribution in [0.15, 0.2) is 0 Å². The van der Waals surface area contributed by atoms with Crippen LogP contribution in [-0.2, 0) is 9.59 Å². The van der Waals surface area contributed by atoms with Crippen LogP contribution in [0, 0.1) is 11.8 Å². The summed E-state index contributed by atoms with van der Waals surface area (Å²) in [4.78, 5) is 37.5. The van der Waals surface area contributed by atoms with Crippen molar-refractivity contribution in [1.82, 2.24) is 15.5 Å². The lowest BCUT2D eigenvalue weighted by Crippen LogP contribution is -2.50. The number of amides is 4. The van der Waals surface area contributed by atoms with Crippen LogP contribution in [0.4, 0.5) is 4.79 Å². The highest BCUT2D eigenvalue weighted by atomic mass is 16.2. The molecule has 1 saturated heterocycles. The van der Waals surface area contributed by atoms with Gasteiger partial charge in [-0.15, -0.1) is 0 Å². The third-order valence-electron chi connectivity index (χ3n) is 4.38. The Labute approximate surface area is 125 Å². The van der Waals surface area contributed by atoms with E-state index in [0.717, 1.165) is 17.7 Å². The van der Waals surface area contributed by atoms with Crippen molar-refractivity contribution in [2.75, 3.05) is 13.1 Å². The summed E-state index contributed by atoms with van der Waals surface area (Å²) in [6.07, 6.45) is 3.20. The molecule has 118 valence electrons. The number of urea groups is 1. The van der Waals surface area contributed by atoms with E-state index >= 15 is 0 Å². The molecule has 21 heavy (non-hydrogen) atoms. The van der Waals surface area contributed by atoms with Crippen molar-refractivity contribution in [3.8, 4) is 0 Å². The Hall–Kier alpha value is -1.59. The molecule has 6 nitrogen and oxygen atoms in total. The smallest absolute Gasteiger partial charge is 0.325 e. The Morgan fingerprint density at radius 1 is 1.38 bits per heavy atom. The molecule has 1 saturated carbocycles. The molecule has 4 amide bonds. The van der Waals surface area contributed by atoms with Crippen LogP contribution in [0.5, 0.6) is 0 Å². The Kier molecular flexibility index (Phi) is 4.54. The van der Waals surface area contributed by atoms with E-state index in [2.05, 4.69) is 17.6 Å². The maximum Gasteiger partial charge on any atom is 0.325 e. The molecule has 1 spiro atoms. The maximum absolute atomic E-state index is 12.5. The highest BCUT2D eigenvalue weighted by molar-refractivity contribution is 6.09. The first kappa shape index (κ1) is 15.8. The van der Waals surface area contributed by atoms with E-state index in [1.807, 2.05) is 13.8 Å². The minimum atomic E-state index is -0.762. The average Bonchev–Trinajstić information content (AvgIpc) is 2.65. The van der Waals surface area contributed by atoms with Gasteiger partial charge in [0.2, 0.25) is 5.91 Å². The summed E-state index contributed by atoms with van der Waals surface area (Å²) in [5, 5.41) is 5.55. The van der Waals surface area contributed by atoms with Gasteiger partial charge in [-0.3, -0.25) is 14.5 Å². The van der Waals surface area contributed by atoms with E-state index in [4.69, 9.17) is 0 Å². The van der Waals surface area contributed by atoms with Crippen molar-refractivity contribution >= 4 is 17.8 Å². The molecule has 0 atom stereocenters. The van der Waals surface area contributed by atoms with Crippen LogP contribution in [0.3, 0.4) is 0 Å². The molecule has 0 bridgehead atoms. The van der Waals surface area contributed by atoms with Crippen molar-refractivity contribution in [3.63, 3.8) is 0 Å². The predicted molar refractivity (Wildman–Crippen MR) is 78.5 cm³/mol. The number of nitrogens with one attached hydrogen (secondary N) is 2. The molecule has 1 heterocycles. The van der Waals surface area contributed by atoms with Gasteiger partial charge < -0.3 is 10.6 Å². The normalized spacial score (nSPS) is 29.1. The highest BCUT2D eigenvalue weighted by Crippen LogP contribution is 2.36. The number of hydrogen-bond donors (Lipinski definition) is 2. The van der Waals surface area contributed by atoms with Gasteiger partial charge in [-0.05, 0) is 37.5 Å². The molecule has 0 aromatic heterocycles. The number of nitrogens with zero attached hydrogens (tertiary/aromatic N) is 1. The maximum atomic E-state index is 12.5. The van der Waals surface area contributed by atoms with Crippen LogP contribution >= 0.6 is 0 Å². The summed E-state index contributed by atoms with van der Waals surface area (Å²) in [5.41, 5.74) is -0.762. The number of imide groups is 1. The lowest BCUT2D eigenvalue weighted by molar-refractivity contribution is -0.136. The van der Waals surface area contributed by atoms with Gasteiger partial charge in [-0.2, -0.15) is 0 Å². The number of hydrogen-bond acceptors (Lipinski definition) is 3. The quantitative estimate of drug-likeness (QED) is 0.766. The standard InChI is InChI=1S/C15H25N3O3/c1-10(2)8-16-12(19)9-18-13(20)15(17-14(18)21)6-4-11(3)5-7-15/h10-11H,4-9H2,1-3H3,(H,16,19)(H,17,21). The fourth-order valence-corrected chi connectivity index (χ4v) is 2.93. The molecular weight excluding hydrogens is 270 g/mol. The van der Waals surface area contributed by atoms with Crippen LogP contribution < -0.4 is 10.6 Å². The first-order chi connectivity index (χ1) is 9.84. The third kappa shape index (κ3) is 3.36. The second-order valence-corrected chi connectivity index (χ2v) is 6.78. The Morgan fingerprint density at radius 3 is 2.57 bits per heavy atom. The zero-order valence-corrected chi connectivity index (χ0v) is 13.1. The first-order valence-corrected chi connectivity index (χ1v) is 7.75. The van der Waals surface area contributed by atoms with E-state index < -0.39 is 11.6 Å². The molecule has 1 aliphatic carbocycles. The summed E-state index contributed by atoms with van der Waals surface area (Å²) < 4.78 is 0. The average molecular weight is 295 g/mol. The summed E-state index contributed by atoms with van der Waals surface area (Å²) in [6, 6.07) is -0.436. The van der Waals surface area contributed by atoms with Crippen LogP contribution in [0.1, 0.15) is 46.5 Å². The van der Waals surface area contributed by atoms with E-state index in [0.29, 0.717) is 31.2 Å². The van der Waals surface area contributed by atoms with Gasteiger partial charge in [-0.25, -0.2) is 4.79 Å². The minimum Gasteiger partial charge on any atom is -0.354 e. The van der Waals surface area contributed by atoms with Crippen molar-refractivity contribution in [3.05, 3.63) is 0 Å². The lowest BCUT2D eigenvalue weighted by atomic mass is 9.77. The van der Waals surface area contributed by atoms with Gasteiger partial charge in [0, 0.05) is 6.54 Å². The fourth-order valence-electron chi connectivity index (χ4n) is 2.93. The second kappa shape index (κ2) is 6.03. The molecule has 2 N–H and O–H groups in total. The van der Waals surface area contributed by atoms with Crippen molar-refractivity contribution < 1.29 is 14.4 Å². The van der Waals surface area contributed by atoms with Crippen molar-refractivity contribution in [2.45, 2.75) is 52.0 Å². The third-order valence-corrected chi connectivity index (χ3v) is 4.38. The summed E-state index contributed by atoms with van der Waals surface area (Å²) in [7, 11) is 0. The molecule has 2 aliphatic rings. The van der Waals surface area contributed by atoms with Crippen LogP contribution in [0.25, 0.3) is 0 Å². The Morgan fingerprint density at radius 2 is 2.00 bits per heavy atom. The summed E-state index contributed by atoms with van der Waals surface area (Å²) in [5.74, 6) is 0.402. The number of carbonyl (C=O) groups excluding carboxylic acids is 3. The van der Waals surface area contributed by atoms with Crippen molar-refractivity contribution in [2.24, 2.45) is 11.8 Å². The monoisotopic (exact) mass is 295 g/mol. The SMILES string of the molecule is CC(C)CNC(=O)CN1C(=O)NC2(CCC(C)CC2)C1=O. The molecule has 2 fully saturated rings. The topological polar surface area (TPSA) is 78.5 Å². The zero-order chi connectivity index (χ0) is 15.6. The largest absolute Gasteiger partial charge is 0.354 e. The van der Waals surface area contributed by atoms with Crippen molar-refractivity contribution in [1.29, 1.82) is 0 Å². The Bertz CT molecular complexity index is 439. The fraction of sp³-hybridized carbons (Fsp3) is 0.800. The van der Waals surface area contributed by atoms with Gasteiger partial charge >= 0.3 is 6.03 Å². The molecule has 0 aromatic carbocycles. The van der Waals surface area contributed by atoms with Gasteiger partial charge in [0.1, 0.15) is 12.1 Å². The lowest BCUT2D eigenvalue weighted by Gasteiger charge is -2.33. The van der Waals surface area contributed by atoms with Crippen LogP contribution in [0.2, 0.25) is 0 Å².